The molecule has 2 saturated heterocycles. The fraction of sp³-hybridized carbons (Fsp3) is 1.00. The van der Waals surface area contributed by atoms with Crippen LogP contribution >= 0.6 is 7.51 Å². The van der Waals surface area contributed by atoms with Crippen molar-refractivity contribution in [2.24, 2.45) is 0 Å². The Hall–Kier alpha value is 0.230. The van der Waals surface area contributed by atoms with Gasteiger partial charge in [-0.2, -0.15) is 0 Å². The molecule has 0 N–H and O–H groups in total. The Kier molecular flexibility index (Phi) is 4.35. The Morgan fingerprint density at radius 2 is 0.870 bits per heavy atom. The monoisotopic (exact) mass is 349 g/mol. The summed E-state index contributed by atoms with van der Waals surface area (Å²) in [5, 5.41) is 0. The van der Waals surface area contributed by atoms with E-state index in [-0.39, 0.29) is 0 Å². The second-order valence-electron chi connectivity index (χ2n) is 8.81. The van der Waals surface area contributed by atoms with Crippen molar-refractivity contribution in [3.63, 3.8) is 0 Å². The van der Waals surface area contributed by atoms with Crippen molar-refractivity contribution in [3.8, 4) is 0 Å². The van der Waals surface area contributed by atoms with Crippen LogP contribution in [0.3, 0.4) is 0 Å². The van der Waals surface area contributed by atoms with Gasteiger partial charge in [0.15, 0.2) is 0 Å². The van der Waals surface area contributed by atoms with Crippen molar-refractivity contribution in [1.29, 1.82) is 0 Å². The Balaban J connectivity index is 2.56. The predicted molar refractivity (Wildman–Crippen MR) is 95.4 cm³/mol. The van der Waals surface area contributed by atoms with Crippen molar-refractivity contribution < 1.29 is 18.1 Å². The van der Waals surface area contributed by atoms with Gasteiger partial charge in [-0.25, -0.2) is 0 Å². The maximum absolute atomic E-state index is 6.63. The van der Waals surface area contributed by atoms with E-state index in [0.717, 1.165) is 13.1 Å². The summed E-state index contributed by atoms with van der Waals surface area (Å²) < 4.78 is 26.5. The summed E-state index contributed by atoms with van der Waals surface area (Å²) in [7, 11) is -3.74. The second kappa shape index (κ2) is 5.12. The standard InChI is InChI=1S/C17H36NO4P/c1-11-18(12-2)13-23(19-14(3,4)15(5,6)20-23)21-16(7,8)17(9,10)22-23/h11-13H2,1-10H3. The van der Waals surface area contributed by atoms with Gasteiger partial charge in [0.2, 0.25) is 0 Å². The minimum atomic E-state index is -3.74. The number of hydrogen-bond donors (Lipinski definition) is 0. The number of nitrogens with zero attached hydrogens (tertiary/aromatic N) is 1. The van der Waals surface area contributed by atoms with Gasteiger partial charge in [-0.3, -0.25) is 0 Å². The molecule has 0 unspecified atom stereocenters. The van der Waals surface area contributed by atoms with E-state index in [9.17, 15) is 0 Å². The van der Waals surface area contributed by atoms with E-state index >= 15 is 0 Å². The van der Waals surface area contributed by atoms with Crippen LogP contribution in [0.1, 0.15) is 69.2 Å². The first-order valence-electron chi connectivity index (χ1n) is 8.73. The summed E-state index contributed by atoms with van der Waals surface area (Å²) in [4.78, 5) is 2.27. The summed E-state index contributed by atoms with van der Waals surface area (Å²) in [6.45, 7) is 22.5. The zero-order valence-electron chi connectivity index (χ0n) is 16.6. The van der Waals surface area contributed by atoms with E-state index < -0.39 is 29.9 Å². The van der Waals surface area contributed by atoms with Gasteiger partial charge in [-0.1, -0.05) is 0 Å². The molecule has 0 atom stereocenters. The molecule has 0 saturated carbocycles. The third-order valence-electron chi connectivity index (χ3n) is 5.84. The summed E-state index contributed by atoms with van der Waals surface area (Å²) in [6.07, 6.45) is 0.540. The van der Waals surface area contributed by atoms with Crippen molar-refractivity contribution >= 4 is 7.51 Å². The molecule has 6 heteroatoms. The molecular formula is C17H36NO4P. The van der Waals surface area contributed by atoms with Gasteiger partial charge in [-0.05, 0) is 0 Å². The molecule has 0 aromatic carbocycles. The van der Waals surface area contributed by atoms with Gasteiger partial charge < -0.3 is 0 Å². The molecule has 0 aliphatic carbocycles. The average molecular weight is 349 g/mol. The molecule has 2 rings (SSSR count). The van der Waals surface area contributed by atoms with Gasteiger partial charge in [0.1, 0.15) is 0 Å². The topological polar surface area (TPSA) is 40.2 Å². The molecule has 1 spiro atoms. The molecule has 0 amide bonds. The van der Waals surface area contributed by atoms with Crippen LogP contribution in [0.15, 0.2) is 0 Å². The second-order valence-corrected chi connectivity index (χ2v) is 11.8. The molecule has 2 heterocycles. The third-order valence-corrected chi connectivity index (χ3v) is 9.94. The summed E-state index contributed by atoms with van der Waals surface area (Å²) in [6, 6.07) is 0. The maximum atomic E-state index is 6.63. The molecule has 2 fully saturated rings. The quantitative estimate of drug-likeness (QED) is 0.688. The van der Waals surface area contributed by atoms with E-state index in [4.69, 9.17) is 18.1 Å². The Morgan fingerprint density at radius 1 is 0.609 bits per heavy atom. The Labute approximate surface area is 142 Å². The average Bonchev–Trinajstić information content (AvgIpc) is 2.57. The summed E-state index contributed by atoms with van der Waals surface area (Å²) in [5.41, 5.74) is -1.97. The fourth-order valence-electron chi connectivity index (χ4n) is 3.18. The zero-order chi connectivity index (χ0) is 18.0. The van der Waals surface area contributed by atoms with Crippen LogP contribution in [0.5, 0.6) is 0 Å². The van der Waals surface area contributed by atoms with Crippen LogP contribution in [0, 0.1) is 0 Å². The molecule has 0 aromatic rings. The first kappa shape index (κ1) is 19.6. The van der Waals surface area contributed by atoms with Crippen LogP contribution in [-0.4, -0.2) is 46.7 Å². The molecule has 0 bridgehead atoms. The van der Waals surface area contributed by atoms with Crippen molar-refractivity contribution in [2.45, 2.75) is 91.6 Å². The van der Waals surface area contributed by atoms with Gasteiger partial charge in [0.05, 0.1) is 0 Å². The number of rotatable bonds is 4. The molecule has 0 radical (unpaired) electrons. The van der Waals surface area contributed by atoms with E-state index in [1.807, 2.05) is 0 Å². The molecule has 5 nitrogen and oxygen atoms in total. The molecule has 2 aliphatic heterocycles. The molecule has 0 aromatic heterocycles. The van der Waals surface area contributed by atoms with Gasteiger partial charge in [-0.15, -0.1) is 0 Å². The van der Waals surface area contributed by atoms with Crippen LogP contribution in [0.4, 0.5) is 0 Å². The first-order valence-corrected chi connectivity index (χ1v) is 10.8. The first-order chi connectivity index (χ1) is 10.1. The van der Waals surface area contributed by atoms with E-state index in [1.54, 1.807) is 0 Å². The normalized spacial score (nSPS) is 33.6. The Bertz CT molecular complexity index is 407. The van der Waals surface area contributed by atoms with Crippen LogP contribution < -0.4 is 0 Å². The van der Waals surface area contributed by atoms with Gasteiger partial charge in [0.25, 0.3) is 0 Å². The number of hydrogen-bond acceptors (Lipinski definition) is 5. The SMILES string of the molecule is CCN(CC)CP12(OC(C)(C)C(C)(C)O1)OC(C)(C)C(C)(C)O2. The van der Waals surface area contributed by atoms with E-state index in [1.165, 1.54) is 0 Å². The fourth-order valence-corrected chi connectivity index (χ4v) is 9.09. The van der Waals surface area contributed by atoms with Gasteiger partial charge >= 0.3 is 142 Å². The van der Waals surface area contributed by atoms with Crippen molar-refractivity contribution in [1.82, 2.24) is 4.90 Å². The van der Waals surface area contributed by atoms with Gasteiger partial charge in [0, 0.05) is 0 Å². The Morgan fingerprint density at radius 3 is 1.09 bits per heavy atom. The zero-order valence-corrected chi connectivity index (χ0v) is 17.5. The molecule has 2 aliphatic rings. The van der Waals surface area contributed by atoms with Crippen molar-refractivity contribution in [2.75, 3.05) is 19.4 Å². The minimum absolute atomic E-state index is 0.492. The van der Waals surface area contributed by atoms with Crippen molar-refractivity contribution in [3.05, 3.63) is 0 Å². The molecule has 23 heavy (non-hydrogen) atoms. The third kappa shape index (κ3) is 2.88. The molecular weight excluding hydrogens is 313 g/mol. The summed E-state index contributed by atoms with van der Waals surface area (Å²) in [5.74, 6) is 0. The van der Waals surface area contributed by atoms with E-state index in [2.05, 4.69) is 74.1 Å². The molecule has 138 valence electrons. The van der Waals surface area contributed by atoms with Crippen LogP contribution in [0.25, 0.3) is 0 Å². The van der Waals surface area contributed by atoms with E-state index in [0.29, 0.717) is 6.29 Å². The predicted octanol–water partition coefficient (Wildman–Crippen LogP) is 4.71. The van der Waals surface area contributed by atoms with Crippen LogP contribution in [0.2, 0.25) is 0 Å². The van der Waals surface area contributed by atoms with Crippen LogP contribution in [-0.2, 0) is 18.1 Å². The summed E-state index contributed by atoms with van der Waals surface area (Å²) >= 11 is 0.